The van der Waals surface area contributed by atoms with E-state index in [0.717, 1.165) is 29.3 Å². The maximum Gasteiger partial charge on any atom is 0.310 e. The van der Waals surface area contributed by atoms with Crippen molar-refractivity contribution in [1.29, 1.82) is 0 Å². The fraction of sp³-hybridized carbons (Fsp3) is 0.467. The first kappa shape index (κ1) is 13.6. The number of aliphatic carboxylic acids is 1. The number of nitrogens with zero attached hydrogens (tertiary/aromatic N) is 1. The number of rotatable bonds is 3. The van der Waals surface area contributed by atoms with Crippen molar-refractivity contribution in [2.45, 2.75) is 38.5 Å². The minimum atomic E-state index is -0.722. The summed E-state index contributed by atoms with van der Waals surface area (Å²) in [5, 5.41) is 9.59. The van der Waals surface area contributed by atoms with Crippen molar-refractivity contribution in [2.75, 3.05) is 0 Å². The van der Waals surface area contributed by atoms with Crippen molar-refractivity contribution in [3.63, 3.8) is 0 Å². The fourth-order valence-corrected chi connectivity index (χ4v) is 3.36. The van der Waals surface area contributed by atoms with Gasteiger partial charge in [-0.05, 0) is 31.0 Å². The highest BCUT2D eigenvalue weighted by Gasteiger charge is 2.41. The molecule has 1 aliphatic carbocycles. The Hall–Kier alpha value is -1.36. The maximum atomic E-state index is 11.7. The number of carboxylic acid groups (broad SMARTS) is 1. The average molecular weight is 338 g/mol. The predicted octanol–water partition coefficient (Wildman–Crippen LogP) is 4.17. The Morgan fingerprint density at radius 2 is 2.10 bits per heavy atom. The molecule has 1 aliphatic rings. The molecule has 0 atom stereocenters. The molecule has 0 radical (unpaired) electrons. The standard InChI is InChI=1S/C15H16BrNO3/c16-10-4-5-12-11(8-10)17-13(20-12)9-15(14(18)19)6-2-1-3-7-15/h4-5,8H,1-3,6-7,9H2,(H,18,19). The van der Waals surface area contributed by atoms with Crippen LogP contribution in [0, 0.1) is 5.41 Å². The molecule has 2 aromatic rings. The Labute approximate surface area is 125 Å². The molecule has 0 amide bonds. The van der Waals surface area contributed by atoms with Crippen LogP contribution < -0.4 is 0 Å². The number of fused-ring (bicyclic) bond motifs is 1. The Balaban J connectivity index is 1.92. The normalized spacial score (nSPS) is 18.2. The maximum absolute atomic E-state index is 11.7. The number of oxazole rings is 1. The van der Waals surface area contributed by atoms with Gasteiger partial charge in [-0.3, -0.25) is 4.79 Å². The van der Waals surface area contributed by atoms with Gasteiger partial charge in [0.1, 0.15) is 5.52 Å². The van der Waals surface area contributed by atoms with E-state index in [0.29, 0.717) is 30.7 Å². The average Bonchev–Trinajstić information content (AvgIpc) is 2.80. The summed E-state index contributed by atoms with van der Waals surface area (Å²) in [4.78, 5) is 16.1. The zero-order valence-corrected chi connectivity index (χ0v) is 12.6. The lowest BCUT2D eigenvalue weighted by Gasteiger charge is -2.31. The Morgan fingerprint density at radius 1 is 1.35 bits per heavy atom. The summed E-state index contributed by atoms with van der Waals surface area (Å²) in [6.45, 7) is 0. The van der Waals surface area contributed by atoms with E-state index >= 15 is 0 Å². The minimum Gasteiger partial charge on any atom is -0.481 e. The van der Waals surface area contributed by atoms with Gasteiger partial charge < -0.3 is 9.52 Å². The Kier molecular flexibility index (Phi) is 3.54. The van der Waals surface area contributed by atoms with Crippen LogP contribution in [0.5, 0.6) is 0 Å². The SMILES string of the molecule is O=C(O)C1(Cc2nc3cc(Br)ccc3o2)CCCCC1. The molecule has 0 bridgehead atoms. The van der Waals surface area contributed by atoms with Crippen LogP contribution in [0.3, 0.4) is 0 Å². The third kappa shape index (κ3) is 2.46. The van der Waals surface area contributed by atoms with Crippen molar-refractivity contribution in [3.05, 3.63) is 28.6 Å². The number of hydrogen-bond donors (Lipinski definition) is 1. The van der Waals surface area contributed by atoms with Gasteiger partial charge in [-0.2, -0.15) is 0 Å². The quantitative estimate of drug-likeness (QED) is 0.912. The van der Waals surface area contributed by atoms with Crippen molar-refractivity contribution in [3.8, 4) is 0 Å². The van der Waals surface area contributed by atoms with E-state index in [9.17, 15) is 9.90 Å². The summed E-state index contributed by atoms with van der Waals surface area (Å²) in [6.07, 6.45) is 4.87. The Bertz CT molecular complexity index is 644. The lowest BCUT2D eigenvalue weighted by molar-refractivity contribution is -0.151. The third-order valence-electron chi connectivity index (χ3n) is 4.15. The number of benzene rings is 1. The van der Waals surface area contributed by atoms with E-state index < -0.39 is 11.4 Å². The van der Waals surface area contributed by atoms with Gasteiger partial charge in [0.25, 0.3) is 0 Å². The van der Waals surface area contributed by atoms with Gasteiger partial charge in [0, 0.05) is 10.9 Å². The molecule has 3 rings (SSSR count). The van der Waals surface area contributed by atoms with Gasteiger partial charge in [-0.15, -0.1) is 0 Å². The van der Waals surface area contributed by atoms with Crippen LogP contribution in [0.25, 0.3) is 11.1 Å². The van der Waals surface area contributed by atoms with E-state index in [1.54, 1.807) is 0 Å². The molecule has 1 aromatic heterocycles. The van der Waals surface area contributed by atoms with Crippen LogP contribution in [0.15, 0.2) is 27.1 Å². The van der Waals surface area contributed by atoms with Gasteiger partial charge in [-0.25, -0.2) is 4.98 Å². The molecule has 5 heteroatoms. The lowest BCUT2D eigenvalue weighted by atomic mass is 9.72. The molecule has 20 heavy (non-hydrogen) atoms. The fourth-order valence-electron chi connectivity index (χ4n) is 3.01. The van der Waals surface area contributed by atoms with Gasteiger partial charge >= 0.3 is 5.97 Å². The molecule has 1 heterocycles. The lowest BCUT2D eigenvalue weighted by Crippen LogP contribution is -2.35. The molecule has 1 N–H and O–H groups in total. The van der Waals surface area contributed by atoms with E-state index in [2.05, 4.69) is 20.9 Å². The van der Waals surface area contributed by atoms with Crippen LogP contribution in [-0.4, -0.2) is 16.1 Å². The first-order chi connectivity index (χ1) is 9.59. The summed E-state index contributed by atoms with van der Waals surface area (Å²) in [6, 6.07) is 5.63. The molecule has 0 spiro atoms. The topological polar surface area (TPSA) is 63.3 Å². The molecule has 1 aromatic carbocycles. The van der Waals surface area contributed by atoms with E-state index in [1.807, 2.05) is 18.2 Å². The molecule has 0 unspecified atom stereocenters. The summed E-state index contributed by atoms with van der Waals surface area (Å²) >= 11 is 3.40. The number of hydrogen-bond acceptors (Lipinski definition) is 3. The van der Waals surface area contributed by atoms with E-state index in [4.69, 9.17) is 4.42 Å². The summed E-state index contributed by atoms with van der Waals surface area (Å²) < 4.78 is 6.65. The molecule has 0 saturated heterocycles. The number of aromatic nitrogens is 1. The van der Waals surface area contributed by atoms with Gasteiger partial charge in [0.05, 0.1) is 5.41 Å². The number of carbonyl (C=O) groups is 1. The first-order valence-corrected chi connectivity index (χ1v) is 7.67. The summed E-state index contributed by atoms with van der Waals surface area (Å²) in [7, 11) is 0. The molecular formula is C15H16BrNO3. The monoisotopic (exact) mass is 337 g/mol. The van der Waals surface area contributed by atoms with Crippen molar-refractivity contribution >= 4 is 33.0 Å². The van der Waals surface area contributed by atoms with Crippen LogP contribution in [0.1, 0.15) is 38.0 Å². The van der Waals surface area contributed by atoms with Gasteiger partial charge in [0.2, 0.25) is 0 Å². The second-order valence-corrected chi connectivity index (χ2v) is 6.46. The second-order valence-electron chi connectivity index (χ2n) is 5.54. The van der Waals surface area contributed by atoms with Crippen molar-refractivity contribution in [2.24, 2.45) is 5.41 Å². The smallest absolute Gasteiger partial charge is 0.310 e. The third-order valence-corrected chi connectivity index (χ3v) is 4.64. The van der Waals surface area contributed by atoms with E-state index in [1.165, 1.54) is 0 Å². The highest BCUT2D eigenvalue weighted by molar-refractivity contribution is 9.10. The summed E-state index contributed by atoms with van der Waals surface area (Å²) in [5.74, 6) is -0.192. The van der Waals surface area contributed by atoms with Crippen LogP contribution in [0.4, 0.5) is 0 Å². The highest BCUT2D eigenvalue weighted by atomic mass is 79.9. The Morgan fingerprint density at radius 3 is 2.80 bits per heavy atom. The first-order valence-electron chi connectivity index (χ1n) is 6.87. The van der Waals surface area contributed by atoms with Gasteiger partial charge in [0.15, 0.2) is 11.5 Å². The molecular weight excluding hydrogens is 322 g/mol. The van der Waals surface area contributed by atoms with Crippen LogP contribution in [-0.2, 0) is 11.2 Å². The number of halogens is 1. The zero-order chi connectivity index (χ0) is 14.2. The van der Waals surface area contributed by atoms with E-state index in [-0.39, 0.29) is 0 Å². The van der Waals surface area contributed by atoms with Crippen LogP contribution in [0.2, 0.25) is 0 Å². The van der Waals surface area contributed by atoms with Crippen molar-refractivity contribution < 1.29 is 14.3 Å². The largest absolute Gasteiger partial charge is 0.481 e. The summed E-state index contributed by atoms with van der Waals surface area (Å²) in [5.41, 5.74) is 0.779. The van der Waals surface area contributed by atoms with Crippen LogP contribution >= 0.6 is 15.9 Å². The van der Waals surface area contributed by atoms with Gasteiger partial charge in [-0.1, -0.05) is 35.2 Å². The molecule has 1 saturated carbocycles. The predicted molar refractivity (Wildman–Crippen MR) is 78.6 cm³/mol. The zero-order valence-electron chi connectivity index (χ0n) is 11.1. The highest BCUT2D eigenvalue weighted by Crippen LogP contribution is 2.39. The van der Waals surface area contributed by atoms with Crippen molar-refractivity contribution in [1.82, 2.24) is 4.98 Å². The molecule has 0 aliphatic heterocycles. The second kappa shape index (κ2) is 5.20. The molecule has 1 fully saturated rings. The minimum absolute atomic E-state index is 0.384. The molecule has 106 valence electrons. The number of carboxylic acids is 1. The molecule has 4 nitrogen and oxygen atoms in total.